The van der Waals surface area contributed by atoms with Crippen LogP contribution in [0.3, 0.4) is 0 Å². The molecule has 1 aliphatic rings. The normalized spacial score (nSPS) is 15.3. The van der Waals surface area contributed by atoms with Crippen molar-refractivity contribution in [3.63, 3.8) is 0 Å². The summed E-state index contributed by atoms with van der Waals surface area (Å²) in [5, 5.41) is 7.74. The first-order valence-corrected chi connectivity index (χ1v) is 10.4. The Kier molecular flexibility index (Phi) is 8.94. The lowest BCUT2D eigenvalue weighted by Crippen LogP contribution is -2.36. The van der Waals surface area contributed by atoms with Crippen LogP contribution in [0.5, 0.6) is 0 Å². The predicted octanol–water partition coefficient (Wildman–Crippen LogP) is 3.87. The molecule has 0 spiro atoms. The Morgan fingerprint density at radius 2 is 1.93 bits per heavy atom. The molecule has 2 aromatic rings. The minimum atomic E-state index is 0. The van der Waals surface area contributed by atoms with Gasteiger partial charge in [0.25, 0.3) is 0 Å². The molecule has 2 N–H and O–H groups in total. The van der Waals surface area contributed by atoms with Crippen molar-refractivity contribution in [2.75, 3.05) is 25.0 Å². The molecular weight excluding hydrogens is 483 g/mol. The van der Waals surface area contributed by atoms with Gasteiger partial charge in [-0.2, -0.15) is 0 Å². The average Bonchev–Trinajstić information content (AvgIpc) is 3.01. The monoisotopic (exact) mass is 514 g/mol. The molecule has 1 aliphatic heterocycles. The van der Waals surface area contributed by atoms with Crippen LogP contribution >= 0.6 is 35.3 Å². The van der Waals surface area contributed by atoms with Crippen LogP contribution in [-0.2, 0) is 13.1 Å². The number of guanidine groups is 1. The zero-order valence-electron chi connectivity index (χ0n) is 17.2. The predicted molar refractivity (Wildman–Crippen MR) is 129 cm³/mol. The molecule has 3 heterocycles. The van der Waals surface area contributed by atoms with Gasteiger partial charge in [0.05, 0.1) is 12.2 Å². The lowest BCUT2D eigenvalue weighted by Gasteiger charge is -2.31. The van der Waals surface area contributed by atoms with Gasteiger partial charge in [-0.15, -0.1) is 35.3 Å². The molecule has 0 radical (unpaired) electrons. The maximum atomic E-state index is 4.65. The molecule has 8 heteroatoms. The lowest BCUT2D eigenvalue weighted by atomic mass is 9.99. The molecule has 2 aromatic heterocycles. The van der Waals surface area contributed by atoms with E-state index < -0.39 is 0 Å². The number of rotatable bonds is 5. The van der Waals surface area contributed by atoms with Gasteiger partial charge >= 0.3 is 0 Å². The molecule has 0 atom stereocenters. The minimum absolute atomic E-state index is 0. The number of halogens is 1. The van der Waals surface area contributed by atoms with Crippen molar-refractivity contribution in [1.29, 1.82) is 0 Å². The van der Waals surface area contributed by atoms with Gasteiger partial charge in [0.2, 0.25) is 0 Å². The largest absolute Gasteiger partial charge is 0.357 e. The van der Waals surface area contributed by atoms with Gasteiger partial charge in [-0.05, 0) is 44.2 Å². The maximum absolute atomic E-state index is 4.65. The molecule has 1 saturated heterocycles. The van der Waals surface area contributed by atoms with Crippen molar-refractivity contribution in [3.05, 3.63) is 39.5 Å². The molecule has 0 saturated carbocycles. The Hall–Kier alpha value is -1.42. The van der Waals surface area contributed by atoms with Crippen LogP contribution in [-0.4, -0.2) is 36.1 Å². The molecule has 154 valence electrons. The molecular formula is C20H31IN6S. The summed E-state index contributed by atoms with van der Waals surface area (Å²) in [6, 6.07) is 4.28. The molecule has 1 fully saturated rings. The number of piperidine rings is 1. The fourth-order valence-electron chi connectivity index (χ4n) is 3.13. The summed E-state index contributed by atoms with van der Waals surface area (Å²) in [4.78, 5) is 17.1. The minimum Gasteiger partial charge on any atom is -0.357 e. The fourth-order valence-corrected chi connectivity index (χ4v) is 4.00. The first-order valence-electron chi connectivity index (χ1n) is 9.62. The second kappa shape index (κ2) is 10.9. The number of anilines is 1. The Bertz CT molecular complexity index is 746. The highest BCUT2D eigenvalue weighted by Gasteiger charge is 2.16. The second-order valence-corrected chi connectivity index (χ2v) is 8.51. The first kappa shape index (κ1) is 22.9. The fraction of sp³-hybridized carbons (Fsp3) is 0.550. The van der Waals surface area contributed by atoms with Crippen LogP contribution in [0.15, 0.2) is 23.3 Å². The number of aliphatic imine (C=N–C) groups is 1. The van der Waals surface area contributed by atoms with E-state index in [2.05, 4.69) is 56.5 Å². The Labute approximate surface area is 189 Å². The van der Waals surface area contributed by atoms with Crippen molar-refractivity contribution in [3.8, 4) is 0 Å². The maximum Gasteiger partial charge on any atom is 0.191 e. The third kappa shape index (κ3) is 6.30. The number of pyridine rings is 1. The molecule has 6 nitrogen and oxygen atoms in total. The van der Waals surface area contributed by atoms with Gasteiger partial charge in [0.1, 0.15) is 10.8 Å². The summed E-state index contributed by atoms with van der Waals surface area (Å²) in [5.41, 5.74) is 2.25. The summed E-state index contributed by atoms with van der Waals surface area (Å²) in [5.74, 6) is 2.69. The van der Waals surface area contributed by atoms with E-state index in [0.717, 1.165) is 47.0 Å². The highest BCUT2D eigenvalue weighted by molar-refractivity contribution is 14.0. The van der Waals surface area contributed by atoms with Crippen LogP contribution in [0, 0.1) is 19.8 Å². The van der Waals surface area contributed by atoms with Crippen LogP contribution in [0.25, 0.3) is 0 Å². The molecule has 3 rings (SSSR count). The Morgan fingerprint density at radius 3 is 2.50 bits per heavy atom. The zero-order valence-corrected chi connectivity index (χ0v) is 20.3. The van der Waals surface area contributed by atoms with E-state index in [1.807, 2.05) is 13.1 Å². The van der Waals surface area contributed by atoms with Gasteiger partial charge < -0.3 is 15.5 Å². The number of aryl methyl sites for hydroxylation is 2. The Morgan fingerprint density at radius 1 is 1.21 bits per heavy atom. The summed E-state index contributed by atoms with van der Waals surface area (Å²) in [7, 11) is 1.78. The number of hydrogen-bond acceptors (Lipinski definition) is 5. The van der Waals surface area contributed by atoms with Crippen molar-refractivity contribution >= 4 is 47.1 Å². The van der Waals surface area contributed by atoms with Crippen molar-refractivity contribution in [1.82, 2.24) is 20.6 Å². The van der Waals surface area contributed by atoms with E-state index in [4.69, 9.17) is 0 Å². The van der Waals surface area contributed by atoms with Crippen molar-refractivity contribution in [2.24, 2.45) is 10.9 Å². The second-order valence-electron chi connectivity index (χ2n) is 7.22. The number of hydrogen-bond donors (Lipinski definition) is 2. The topological polar surface area (TPSA) is 65.4 Å². The molecule has 0 bridgehead atoms. The number of nitrogens with one attached hydrogen (secondary N) is 2. The molecule has 28 heavy (non-hydrogen) atoms. The van der Waals surface area contributed by atoms with E-state index in [9.17, 15) is 0 Å². The summed E-state index contributed by atoms with van der Waals surface area (Å²) < 4.78 is 0. The van der Waals surface area contributed by atoms with Crippen LogP contribution in [0.4, 0.5) is 5.82 Å². The van der Waals surface area contributed by atoms with E-state index in [0.29, 0.717) is 13.1 Å². The first-order chi connectivity index (χ1) is 13.0. The third-order valence-corrected chi connectivity index (χ3v) is 6.15. The van der Waals surface area contributed by atoms with Crippen LogP contribution < -0.4 is 15.5 Å². The smallest absolute Gasteiger partial charge is 0.191 e. The number of aromatic nitrogens is 2. The molecule has 0 unspecified atom stereocenters. The van der Waals surface area contributed by atoms with Crippen LogP contribution in [0.2, 0.25) is 0 Å². The van der Waals surface area contributed by atoms with Gasteiger partial charge in [0.15, 0.2) is 5.96 Å². The van der Waals surface area contributed by atoms with Crippen molar-refractivity contribution < 1.29 is 0 Å². The lowest BCUT2D eigenvalue weighted by molar-refractivity contribution is 0.436. The Balaban J connectivity index is 0.00000280. The van der Waals surface area contributed by atoms with Gasteiger partial charge in [-0.25, -0.2) is 9.97 Å². The standard InChI is InChI=1S/C20H30N6S.HI/c1-14-7-9-26(10-8-14)18-6-5-17(11-22-18)12-23-20(21-4)24-13-19-25-15(2)16(3)27-19;/h5-6,11,14H,7-10,12-13H2,1-4H3,(H2,21,23,24);1H. The molecule has 0 aliphatic carbocycles. The average molecular weight is 514 g/mol. The van der Waals surface area contributed by atoms with Crippen molar-refractivity contribution in [2.45, 2.75) is 46.7 Å². The van der Waals surface area contributed by atoms with Gasteiger partial charge in [-0.3, -0.25) is 4.99 Å². The van der Waals surface area contributed by atoms with Crippen LogP contribution in [0.1, 0.15) is 40.9 Å². The van der Waals surface area contributed by atoms with Gasteiger partial charge in [-0.1, -0.05) is 13.0 Å². The summed E-state index contributed by atoms with van der Waals surface area (Å²) in [6.07, 6.45) is 4.47. The quantitative estimate of drug-likeness (QED) is 0.360. The van der Waals surface area contributed by atoms with E-state index in [1.54, 1.807) is 18.4 Å². The zero-order chi connectivity index (χ0) is 19.2. The molecule has 0 amide bonds. The number of nitrogens with zero attached hydrogens (tertiary/aromatic N) is 4. The summed E-state index contributed by atoms with van der Waals surface area (Å²) in [6.45, 7) is 10.1. The van der Waals surface area contributed by atoms with E-state index in [-0.39, 0.29) is 24.0 Å². The third-order valence-electron chi connectivity index (χ3n) is 5.08. The highest BCUT2D eigenvalue weighted by atomic mass is 127. The highest BCUT2D eigenvalue weighted by Crippen LogP contribution is 2.21. The molecule has 0 aromatic carbocycles. The SMILES string of the molecule is CN=C(NCc1ccc(N2CCC(C)CC2)nc1)NCc1nc(C)c(C)s1.I. The summed E-state index contributed by atoms with van der Waals surface area (Å²) >= 11 is 1.73. The van der Waals surface area contributed by atoms with E-state index in [1.165, 1.54) is 17.7 Å². The number of thiazole rings is 1. The van der Waals surface area contributed by atoms with E-state index >= 15 is 0 Å². The van der Waals surface area contributed by atoms with Gasteiger partial charge in [0, 0.05) is 37.8 Å².